The Bertz CT molecular complexity index is 506. The Labute approximate surface area is 148 Å². The second-order valence-corrected chi connectivity index (χ2v) is 7.56. The van der Waals surface area contributed by atoms with Crippen LogP contribution >= 0.6 is 23.7 Å². The topological polar surface area (TPSA) is 66.9 Å². The van der Waals surface area contributed by atoms with Gasteiger partial charge < -0.3 is 5.32 Å². The number of anilines is 1. The van der Waals surface area contributed by atoms with Crippen LogP contribution in [0.15, 0.2) is 0 Å². The van der Waals surface area contributed by atoms with Gasteiger partial charge in [-0.25, -0.2) is 0 Å². The summed E-state index contributed by atoms with van der Waals surface area (Å²) >= 11 is 1.52. The number of aromatic nitrogens is 2. The number of halogens is 1. The smallest absolute Gasteiger partial charge is 0.243 e. The van der Waals surface area contributed by atoms with Crippen molar-refractivity contribution in [2.45, 2.75) is 76.8 Å². The summed E-state index contributed by atoms with van der Waals surface area (Å²) in [5, 5.41) is 16.5. The zero-order valence-corrected chi connectivity index (χ0v) is 15.5. The molecule has 2 heterocycles. The molecular formula is C16H27ClN4OS. The molecule has 0 radical (unpaired) electrons. The maximum absolute atomic E-state index is 12.4. The highest BCUT2D eigenvalue weighted by atomic mass is 35.5. The van der Waals surface area contributed by atoms with E-state index in [4.69, 9.17) is 0 Å². The van der Waals surface area contributed by atoms with E-state index in [-0.39, 0.29) is 24.4 Å². The minimum Gasteiger partial charge on any atom is -0.303 e. The maximum Gasteiger partial charge on any atom is 0.243 e. The Balaban J connectivity index is 0.00000192. The van der Waals surface area contributed by atoms with Crippen LogP contribution in [-0.2, 0) is 4.79 Å². The number of amides is 1. The van der Waals surface area contributed by atoms with Crippen molar-refractivity contribution < 1.29 is 4.79 Å². The van der Waals surface area contributed by atoms with Crippen molar-refractivity contribution in [3.05, 3.63) is 5.01 Å². The van der Waals surface area contributed by atoms with Crippen molar-refractivity contribution >= 4 is 34.8 Å². The minimum atomic E-state index is -0.0615. The molecule has 0 bridgehead atoms. The van der Waals surface area contributed by atoms with E-state index in [1.165, 1.54) is 37.0 Å². The molecule has 0 aromatic carbocycles. The Kier molecular flexibility index (Phi) is 6.80. The van der Waals surface area contributed by atoms with E-state index in [1.54, 1.807) is 0 Å². The molecule has 2 fully saturated rings. The van der Waals surface area contributed by atoms with E-state index < -0.39 is 0 Å². The first-order valence-corrected chi connectivity index (χ1v) is 9.43. The maximum atomic E-state index is 12.4. The average molecular weight is 359 g/mol. The fourth-order valence-electron chi connectivity index (χ4n) is 3.80. The molecule has 0 spiro atoms. The summed E-state index contributed by atoms with van der Waals surface area (Å²) in [6.07, 6.45) is 8.17. The Morgan fingerprint density at radius 2 is 2.04 bits per heavy atom. The SMILES string of the molecule is CCC(CC)c1nnc(NC(=O)C2CC3CCCCC3N2)s1.Cl. The molecule has 5 nitrogen and oxygen atoms in total. The molecule has 3 unspecified atom stereocenters. The lowest BCUT2D eigenvalue weighted by Gasteiger charge is -2.24. The van der Waals surface area contributed by atoms with Crippen LogP contribution in [0.3, 0.4) is 0 Å². The van der Waals surface area contributed by atoms with Crippen LogP contribution in [0, 0.1) is 5.92 Å². The van der Waals surface area contributed by atoms with Crippen molar-refractivity contribution in [3.8, 4) is 0 Å². The zero-order chi connectivity index (χ0) is 15.5. The van der Waals surface area contributed by atoms with Crippen molar-refractivity contribution in [1.82, 2.24) is 15.5 Å². The molecular weight excluding hydrogens is 332 g/mol. The van der Waals surface area contributed by atoms with Gasteiger partial charge in [-0.05, 0) is 38.0 Å². The molecule has 1 aliphatic heterocycles. The summed E-state index contributed by atoms with van der Waals surface area (Å²) in [6, 6.07) is 0.479. The second-order valence-electron chi connectivity index (χ2n) is 6.55. The van der Waals surface area contributed by atoms with E-state index in [0.29, 0.717) is 23.0 Å². The third kappa shape index (κ3) is 4.22. The summed E-state index contributed by atoms with van der Waals surface area (Å²) in [5.41, 5.74) is 0. The third-order valence-electron chi connectivity index (χ3n) is 5.18. The van der Waals surface area contributed by atoms with Gasteiger partial charge in [0.15, 0.2) is 0 Å². The fraction of sp³-hybridized carbons (Fsp3) is 0.812. The minimum absolute atomic E-state index is 0. The van der Waals surface area contributed by atoms with E-state index in [1.807, 2.05) is 0 Å². The quantitative estimate of drug-likeness (QED) is 0.841. The van der Waals surface area contributed by atoms with Gasteiger partial charge in [-0.15, -0.1) is 22.6 Å². The number of nitrogens with zero attached hydrogens (tertiary/aromatic N) is 2. The van der Waals surface area contributed by atoms with Gasteiger partial charge in [-0.1, -0.05) is 38.0 Å². The van der Waals surface area contributed by atoms with Crippen molar-refractivity contribution in [2.24, 2.45) is 5.92 Å². The molecule has 1 saturated heterocycles. The Morgan fingerprint density at radius 1 is 1.30 bits per heavy atom. The predicted molar refractivity (Wildman–Crippen MR) is 96.4 cm³/mol. The molecule has 3 rings (SSSR count). The number of rotatable bonds is 5. The Morgan fingerprint density at radius 3 is 2.74 bits per heavy atom. The van der Waals surface area contributed by atoms with E-state index in [0.717, 1.165) is 24.3 Å². The van der Waals surface area contributed by atoms with E-state index in [9.17, 15) is 4.79 Å². The first-order chi connectivity index (χ1) is 10.7. The summed E-state index contributed by atoms with van der Waals surface area (Å²) in [7, 11) is 0. The van der Waals surface area contributed by atoms with Gasteiger partial charge in [-0.3, -0.25) is 10.1 Å². The van der Waals surface area contributed by atoms with Crippen molar-refractivity contribution in [3.63, 3.8) is 0 Å². The van der Waals surface area contributed by atoms with Crippen molar-refractivity contribution in [2.75, 3.05) is 5.32 Å². The van der Waals surface area contributed by atoms with Gasteiger partial charge in [-0.2, -0.15) is 0 Å². The molecule has 2 aliphatic rings. The second kappa shape index (κ2) is 8.40. The highest BCUT2D eigenvalue weighted by molar-refractivity contribution is 7.15. The van der Waals surface area contributed by atoms with Crippen LogP contribution in [0.1, 0.15) is 69.7 Å². The fourth-order valence-corrected chi connectivity index (χ4v) is 4.81. The van der Waals surface area contributed by atoms with Gasteiger partial charge in [0.25, 0.3) is 0 Å². The van der Waals surface area contributed by atoms with Gasteiger partial charge in [0, 0.05) is 12.0 Å². The average Bonchev–Trinajstić information content (AvgIpc) is 3.15. The van der Waals surface area contributed by atoms with Gasteiger partial charge in [0.05, 0.1) is 6.04 Å². The van der Waals surface area contributed by atoms with Gasteiger partial charge in [0.2, 0.25) is 11.0 Å². The number of hydrogen-bond acceptors (Lipinski definition) is 5. The molecule has 3 atom stereocenters. The van der Waals surface area contributed by atoms with Gasteiger partial charge >= 0.3 is 0 Å². The van der Waals surface area contributed by atoms with Crippen LogP contribution in [0.4, 0.5) is 5.13 Å². The van der Waals surface area contributed by atoms with E-state index in [2.05, 4.69) is 34.7 Å². The monoisotopic (exact) mass is 358 g/mol. The summed E-state index contributed by atoms with van der Waals surface area (Å²) in [4.78, 5) is 12.4. The van der Waals surface area contributed by atoms with Gasteiger partial charge in [0.1, 0.15) is 5.01 Å². The van der Waals surface area contributed by atoms with E-state index >= 15 is 0 Å². The normalized spacial score (nSPS) is 26.7. The Hall–Kier alpha value is -0.720. The lowest BCUT2D eigenvalue weighted by atomic mass is 9.85. The number of hydrogen-bond donors (Lipinski definition) is 2. The van der Waals surface area contributed by atoms with Crippen LogP contribution in [0.2, 0.25) is 0 Å². The predicted octanol–water partition coefficient (Wildman–Crippen LogP) is 3.72. The molecule has 130 valence electrons. The molecule has 23 heavy (non-hydrogen) atoms. The first-order valence-electron chi connectivity index (χ1n) is 8.61. The third-order valence-corrected chi connectivity index (χ3v) is 6.19. The highest BCUT2D eigenvalue weighted by Gasteiger charge is 2.38. The number of nitrogens with one attached hydrogen (secondary N) is 2. The largest absolute Gasteiger partial charge is 0.303 e. The number of carbonyl (C=O) groups is 1. The summed E-state index contributed by atoms with van der Waals surface area (Å²) in [5.74, 6) is 1.19. The zero-order valence-electron chi connectivity index (χ0n) is 13.9. The molecule has 1 aromatic heterocycles. The summed E-state index contributed by atoms with van der Waals surface area (Å²) in [6.45, 7) is 4.33. The molecule has 1 aromatic rings. The van der Waals surface area contributed by atoms with Crippen molar-refractivity contribution in [1.29, 1.82) is 0 Å². The lowest BCUT2D eigenvalue weighted by molar-refractivity contribution is -0.117. The number of carbonyl (C=O) groups excluding carboxylic acids is 1. The summed E-state index contributed by atoms with van der Waals surface area (Å²) < 4.78 is 0. The molecule has 1 amide bonds. The standard InChI is InChI=1S/C16H26N4OS.ClH/c1-3-10(4-2)15-19-20-16(22-15)18-14(21)13-9-11-7-5-6-8-12(11)17-13;/h10-13,17H,3-9H2,1-2H3,(H,18,20,21);1H. The van der Waals surface area contributed by atoms with Crippen LogP contribution in [-0.4, -0.2) is 28.2 Å². The highest BCUT2D eigenvalue weighted by Crippen LogP contribution is 2.34. The molecule has 2 N–H and O–H groups in total. The number of fused-ring (bicyclic) bond motifs is 1. The molecule has 1 aliphatic carbocycles. The van der Waals surface area contributed by atoms with Crippen LogP contribution in [0.5, 0.6) is 0 Å². The van der Waals surface area contributed by atoms with Crippen LogP contribution < -0.4 is 10.6 Å². The lowest BCUT2D eigenvalue weighted by Crippen LogP contribution is -2.39. The van der Waals surface area contributed by atoms with Crippen LogP contribution in [0.25, 0.3) is 0 Å². The molecule has 7 heteroatoms. The first kappa shape index (κ1) is 18.6. The molecule has 1 saturated carbocycles.